The van der Waals surface area contributed by atoms with Crippen LogP contribution in [0.3, 0.4) is 0 Å². The van der Waals surface area contributed by atoms with Crippen LogP contribution in [0.4, 0.5) is 0 Å². The quantitative estimate of drug-likeness (QED) is 0.713. The van der Waals surface area contributed by atoms with E-state index in [-0.39, 0.29) is 0 Å². The van der Waals surface area contributed by atoms with Crippen LogP contribution in [0.2, 0.25) is 0 Å². The van der Waals surface area contributed by atoms with Gasteiger partial charge in [-0.25, -0.2) is 0 Å². The molecular weight excluding hydrogens is 178 g/mol. The molecule has 0 saturated heterocycles. The highest BCUT2D eigenvalue weighted by molar-refractivity contribution is 6.38. The minimum absolute atomic E-state index is 0.416. The van der Waals surface area contributed by atoms with Crippen LogP contribution in [0, 0.1) is 0 Å². The Kier molecular flexibility index (Phi) is 3.54. The second-order valence-electron chi connectivity index (χ2n) is 3.22. The molecule has 1 rings (SSSR count). The van der Waals surface area contributed by atoms with Crippen LogP contribution >= 0.6 is 0 Å². The van der Waals surface area contributed by atoms with Gasteiger partial charge in [0.15, 0.2) is 5.78 Å². The van der Waals surface area contributed by atoms with E-state index < -0.39 is 17.6 Å². The summed E-state index contributed by atoms with van der Waals surface area (Å²) >= 11 is 0. The molecular formula is C11H13NO2. The van der Waals surface area contributed by atoms with E-state index in [0.29, 0.717) is 6.42 Å². The molecule has 3 nitrogen and oxygen atoms in total. The number of carbonyl (C=O) groups excluding carboxylic acids is 2. The molecule has 0 spiro atoms. The molecule has 0 bridgehead atoms. The molecule has 2 N–H and O–H groups in total. The summed E-state index contributed by atoms with van der Waals surface area (Å²) in [6.45, 7) is 1.24. The molecule has 1 atom stereocenters. The molecule has 0 aromatic heterocycles. The second kappa shape index (κ2) is 4.67. The average molecular weight is 191 g/mol. The molecule has 0 fully saturated rings. The van der Waals surface area contributed by atoms with Crippen molar-refractivity contribution in [1.82, 2.24) is 0 Å². The Hall–Kier alpha value is -1.48. The fraction of sp³-hybridized carbons (Fsp3) is 0.273. The highest BCUT2D eigenvalue weighted by Crippen LogP contribution is 2.02. The van der Waals surface area contributed by atoms with Crippen molar-refractivity contribution in [2.75, 3.05) is 0 Å². The third-order valence-electron chi connectivity index (χ3n) is 1.98. The zero-order chi connectivity index (χ0) is 10.6. The lowest BCUT2D eigenvalue weighted by atomic mass is 10.0. The SMILES string of the molecule is CC(=O)C(=O)C(N)Cc1ccccc1. The van der Waals surface area contributed by atoms with Gasteiger partial charge in [-0.1, -0.05) is 30.3 Å². The summed E-state index contributed by atoms with van der Waals surface area (Å²) in [6.07, 6.45) is 0.416. The molecule has 0 aliphatic rings. The number of benzene rings is 1. The van der Waals surface area contributed by atoms with Crippen LogP contribution in [0.5, 0.6) is 0 Å². The third-order valence-corrected chi connectivity index (χ3v) is 1.98. The van der Waals surface area contributed by atoms with Gasteiger partial charge in [-0.2, -0.15) is 0 Å². The third kappa shape index (κ3) is 2.78. The molecule has 0 heterocycles. The molecule has 14 heavy (non-hydrogen) atoms. The summed E-state index contributed by atoms with van der Waals surface area (Å²) in [5.41, 5.74) is 6.55. The highest BCUT2D eigenvalue weighted by atomic mass is 16.2. The van der Waals surface area contributed by atoms with E-state index in [1.807, 2.05) is 30.3 Å². The van der Waals surface area contributed by atoms with Crippen LogP contribution in [-0.4, -0.2) is 17.6 Å². The van der Waals surface area contributed by atoms with Crippen LogP contribution in [0.15, 0.2) is 30.3 Å². The van der Waals surface area contributed by atoms with Crippen LogP contribution in [0.1, 0.15) is 12.5 Å². The Morgan fingerprint density at radius 2 is 1.86 bits per heavy atom. The second-order valence-corrected chi connectivity index (χ2v) is 3.22. The Labute approximate surface area is 82.9 Å². The van der Waals surface area contributed by atoms with Crippen molar-refractivity contribution in [2.45, 2.75) is 19.4 Å². The Morgan fingerprint density at radius 1 is 1.29 bits per heavy atom. The van der Waals surface area contributed by atoms with Gasteiger partial charge in [0.05, 0.1) is 6.04 Å². The van der Waals surface area contributed by atoms with Gasteiger partial charge in [0, 0.05) is 6.92 Å². The molecule has 1 aromatic rings. The normalized spacial score (nSPS) is 12.1. The van der Waals surface area contributed by atoms with E-state index in [9.17, 15) is 9.59 Å². The lowest BCUT2D eigenvalue weighted by Crippen LogP contribution is -2.36. The van der Waals surface area contributed by atoms with Crippen LogP contribution in [-0.2, 0) is 16.0 Å². The van der Waals surface area contributed by atoms with Crippen molar-refractivity contribution in [1.29, 1.82) is 0 Å². The summed E-state index contributed by atoms with van der Waals surface area (Å²) in [4.78, 5) is 21.9. The zero-order valence-electron chi connectivity index (χ0n) is 8.07. The minimum Gasteiger partial charge on any atom is -0.321 e. The first-order valence-electron chi connectivity index (χ1n) is 4.45. The number of hydrogen-bond acceptors (Lipinski definition) is 3. The molecule has 0 aliphatic heterocycles. The number of nitrogens with two attached hydrogens (primary N) is 1. The number of carbonyl (C=O) groups is 2. The summed E-state index contributed by atoms with van der Waals surface area (Å²) in [5, 5.41) is 0. The lowest BCUT2D eigenvalue weighted by Gasteiger charge is -2.07. The number of rotatable bonds is 4. The average Bonchev–Trinajstić information content (AvgIpc) is 2.18. The maximum atomic E-state index is 11.2. The molecule has 0 aliphatic carbocycles. The molecule has 74 valence electrons. The topological polar surface area (TPSA) is 60.2 Å². The number of Topliss-reactive ketones (excluding diaryl/α,β-unsaturated/α-hetero) is 2. The van der Waals surface area contributed by atoms with Crippen molar-refractivity contribution >= 4 is 11.6 Å². The smallest absolute Gasteiger partial charge is 0.215 e. The summed E-state index contributed by atoms with van der Waals surface area (Å²) in [6, 6.07) is 8.69. The van der Waals surface area contributed by atoms with Gasteiger partial charge in [0.2, 0.25) is 5.78 Å². The largest absolute Gasteiger partial charge is 0.321 e. The van der Waals surface area contributed by atoms with Gasteiger partial charge in [0.1, 0.15) is 0 Å². The standard InChI is InChI=1S/C11H13NO2/c1-8(13)11(14)10(12)7-9-5-3-2-4-6-9/h2-6,10H,7,12H2,1H3. The van der Waals surface area contributed by atoms with E-state index in [1.54, 1.807) is 0 Å². The Morgan fingerprint density at radius 3 is 2.36 bits per heavy atom. The fourth-order valence-electron chi connectivity index (χ4n) is 1.22. The maximum Gasteiger partial charge on any atom is 0.215 e. The van der Waals surface area contributed by atoms with Gasteiger partial charge < -0.3 is 5.73 Å². The number of ketones is 2. The van der Waals surface area contributed by atoms with Gasteiger partial charge in [-0.05, 0) is 12.0 Å². The predicted octanol–water partition coefficient (Wildman–Crippen LogP) is 0.714. The zero-order valence-corrected chi connectivity index (χ0v) is 8.07. The van der Waals surface area contributed by atoms with Crippen LogP contribution < -0.4 is 5.73 Å². The Balaban J connectivity index is 2.62. The number of hydrogen-bond donors (Lipinski definition) is 1. The monoisotopic (exact) mass is 191 g/mol. The molecule has 3 heteroatoms. The maximum absolute atomic E-state index is 11.2. The molecule has 0 radical (unpaired) electrons. The summed E-state index contributed by atoms with van der Waals surface area (Å²) in [5.74, 6) is -0.984. The van der Waals surface area contributed by atoms with E-state index in [2.05, 4.69) is 0 Å². The molecule has 1 unspecified atom stereocenters. The van der Waals surface area contributed by atoms with Crippen molar-refractivity contribution in [3.05, 3.63) is 35.9 Å². The predicted molar refractivity (Wildman–Crippen MR) is 53.8 cm³/mol. The molecule has 0 amide bonds. The first-order valence-corrected chi connectivity index (χ1v) is 4.45. The van der Waals surface area contributed by atoms with Gasteiger partial charge in [-0.3, -0.25) is 9.59 Å². The van der Waals surface area contributed by atoms with Crippen molar-refractivity contribution in [3.63, 3.8) is 0 Å². The van der Waals surface area contributed by atoms with E-state index >= 15 is 0 Å². The van der Waals surface area contributed by atoms with E-state index in [1.165, 1.54) is 6.92 Å². The van der Waals surface area contributed by atoms with Crippen molar-refractivity contribution < 1.29 is 9.59 Å². The fourth-order valence-corrected chi connectivity index (χ4v) is 1.22. The minimum atomic E-state index is -0.713. The molecule has 0 saturated carbocycles. The van der Waals surface area contributed by atoms with E-state index in [4.69, 9.17) is 5.73 Å². The first-order chi connectivity index (χ1) is 6.61. The lowest BCUT2D eigenvalue weighted by molar-refractivity contribution is -0.136. The van der Waals surface area contributed by atoms with Gasteiger partial charge in [0.25, 0.3) is 0 Å². The summed E-state index contributed by atoms with van der Waals surface area (Å²) in [7, 11) is 0. The van der Waals surface area contributed by atoms with Gasteiger partial charge >= 0.3 is 0 Å². The van der Waals surface area contributed by atoms with E-state index in [0.717, 1.165) is 5.56 Å². The first kappa shape index (κ1) is 10.6. The molecule has 1 aromatic carbocycles. The highest BCUT2D eigenvalue weighted by Gasteiger charge is 2.17. The Bertz CT molecular complexity index is 332. The van der Waals surface area contributed by atoms with Crippen molar-refractivity contribution in [3.8, 4) is 0 Å². The van der Waals surface area contributed by atoms with Crippen LogP contribution in [0.25, 0.3) is 0 Å². The van der Waals surface area contributed by atoms with Gasteiger partial charge in [-0.15, -0.1) is 0 Å². The summed E-state index contributed by atoms with van der Waals surface area (Å²) < 4.78 is 0. The van der Waals surface area contributed by atoms with Crippen molar-refractivity contribution in [2.24, 2.45) is 5.73 Å².